The normalized spacial score (nSPS) is 11.6. The lowest BCUT2D eigenvalue weighted by Gasteiger charge is -2.22. The lowest BCUT2D eigenvalue weighted by molar-refractivity contribution is -0.141. The van der Waals surface area contributed by atoms with Crippen molar-refractivity contribution in [1.29, 1.82) is 0 Å². The third kappa shape index (κ3) is 31.9. The Morgan fingerprint density at radius 2 is 0.561 bits per heavy atom. The fraction of sp³-hybridized carbons (Fsp3) is 0.944. The molecule has 0 rings (SSSR count). The van der Waals surface area contributed by atoms with Crippen molar-refractivity contribution in [3.05, 3.63) is 0 Å². The van der Waals surface area contributed by atoms with Gasteiger partial charge >= 0.3 is 8.56 Å². The van der Waals surface area contributed by atoms with Crippen LogP contribution in [0, 0.1) is 0 Å². The van der Waals surface area contributed by atoms with Crippen LogP contribution in [0.3, 0.4) is 0 Å². The summed E-state index contributed by atoms with van der Waals surface area (Å²) >= 11 is 0. The van der Waals surface area contributed by atoms with E-state index in [0.29, 0.717) is 12.8 Å². The maximum Gasteiger partial charge on any atom is 0.457 e. The molecule has 0 aliphatic heterocycles. The molecule has 0 fully saturated rings. The minimum Gasteiger partial charge on any atom is -0.485 e. The van der Waals surface area contributed by atoms with Crippen LogP contribution in [0.2, 0.25) is 13.1 Å². The van der Waals surface area contributed by atoms with Crippen molar-refractivity contribution in [2.45, 2.75) is 220 Å². The SMILES string of the molecule is CCCCCCCCCCCCCCCCC(=O)O[Si](C)(C)OC(=O)CCCCCCCCCCCCCCCC. The monoisotopic (exact) mass is 597 g/mol. The van der Waals surface area contributed by atoms with Crippen LogP contribution < -0.4 is 0 Å². The van der Waals surface area contributed by atoms with Gasteiger partial charge in [0, 0.05) is 25.9 Å². The third-order valence-corrected chi connectivity index (χ3v) is 9.63. The summed E-state index contributed by atoms with van der Waals surface area (Å²) in [5.41, 5.74) is 0. The summed E-state index contributed by atoms with van der Waals surface area (Å²) in [7, 11) is -2.74. The first-order valence-corrected chi connectivity index (χ1v) is 21.2. The molecule has 0 heterocycles. The molecule has 41 heavy (non-hydrogen) atoms. The second kappa shape index (κ2) is 30.6. The van der Waals surface area contributed by atoms with E-state index in [1.807, 2.05) is 0 Å². The van der Waals surface area contributed by atoms with Gasteiger partial charge in [0.2, 0.25) is 0 Å². The minimum absolute atomic E-state index is 0.204. The van der Waals surface area contributed by atoms with Gasteiger partial charge in [-0.1, -0.05) is 181 Å². The minimum atomic E-state index is -2.74. The molecule has 0 unspecified atom stereocenters. The molecule has 0 aliphatic rings. The summed E-state index contributed by atoms with van der Waals surface area (Å²) in [5.74, 6) is -0.408. The molecule has 4 nitrogen and oxygen atoms in total. The molecule has 0 aliphatic carbocycles. The van der Waals surface area contributed by atoms with Crippen LogP contribution in [0.15, 0.2) is 0 Å². The van der Waals surface area contributed by atoms with E-state index in [2.05, 4.69) is 13.8 Å². The molecule has 0 saturated carbocycles. The molecule has 0 amide bonds. The van der Waals surface area contributed by atoms with Crippen LogP contribution in [0.5, 0.6) is 0 Å². The first-order valence-electron chi connectivity index (χ1n) is 18.3. The van der Waals surface area contributed by atoms with E-state index in [9.17, 15) is 9.59 Å². The van der Waals surface area contributed by atoms with Gasteiger partial charge in [-0.05, 0) is 12.8 Å². The Morgan fingerprint density at radius 1 is 0.366 bits per heavy atom. The van der Waals surface area contributed by atoms with Crippen molar-refractivity contribution < 1.29 is 18.4 Å². The molecule has 0 spiro atoms. The zero-order valence-electron chi connectivity index (χ0n) is 28.3. The molecule has 0 aromatic rings. The molecule has 0 bridgehead atoms. The average Bonchev–Trinajstić information content (AvgIpc) is 2.92. The topological polar surface area (TPSA) is 52.6 Å². The van der Waals surface area contributed by atoms with Crippen LogP contribution in [0.4, 0.5) is 0 Å². The fourth-order valence-corrected chi connectivity index (χ4v) is 6.94. The van der Waals surface area contributed by atoms with E-state index in [1.54, 1.807) is 13.1 Å². The number of hydrogen-bond donors (Lipinski definition) is 0. The highest BCUT2D eigenvalue weighted by Crippen LogP contribution is 2.17. The van der Waals surface area contributed by atoms with Crippen molar-refractivity contribution in [2.24, 2.45) is 0 Å². The van der Waals surface area contributed by atoms with Crippen molar-refractivity contribution >= 4 is 20.5 Å². The number of rotatable bonds is 32. The molecule has 0 radical (unpaired) electrons. The van der Waals surface area contributed by atoms with Gasteiger partial charge in [-0.25, -0.2) is 0 Å². The Kier molecular flexibility index (Phi) is 30.0. The Morgan fingerprint density at radius 3 is 0.780 bits per heavy atom. The summed E-state index contributed by atoms with van der Waals surface area (Å²) in [6.45, 7) is 8.16. The van der Waals surface area contributed by atoms with E-state index in [0.717, 1.165) is 25.7 Å². The van der Waals surface area contributed by atoms with Crippen LogP contribution in [0.25, 0.3) is 0 Å². The van der Waals surface area contributed by atoms with Gasteiger partial charge in [0.15, 0.2) is 0 Å². The van der Waals surface area contributed by atoms with Crippen LogP contribution in [0.1, 0.15) is 206 Å². The summed E-state index contributed by atoms with van der Waals surface area (Å²) < 4.78 is 11.2. The van der Waals surface area contributed by atoms with Gasteiger partial charge in [0.05, 0.1) is 0 Å². The van der Waals surface area contributed by atoms with E-state index < -0.39 is 8.56 Å². The Bertz CT molecular complexity index is 530. The summed E-state index contributed by atoms with van der Waals surface area (Å²) in [6, 6.07) is 0. The predicted octanol–water partition coefficient (Wildman–Crippen LogP) is 12.5. The predicted molar refractivity (Wildman–Crippen MR) is 180 cm³/mol. The summed E-state index contributed by atoms with van der Waals surface area (Å²) in [5, 5.41) is 0. The van der Waals surface area contributed by atoms with E-state index in [4.69, 9.17) is 8.85 Å². The maximum atomic E-state index is 12.3. The third-order valence-electron chi connectivity index (χ3n) is 8.19. The van der Waals surface area contributed by atoms with E-state index >= 15 is 0 Å². The van der Waals surface area contributed by atoms with Crippen molar-refractivity contribution in [3.63, 3.8) is 0 Å². The van der Waals surface area contributed by atoms with Gasteiger partial charge < -0.3 is 8.85 Å². The van der Waals surface area contributed by atoms with Gasteiger partial charge in [0.25, 0.3) is 11.9 Å². The summed E-state index contributed by atoms with van der Waals surface area (Å²) in [4.78, 5) is 24.6. The Labute approximate surface area is 258 Å². The molecule has 0 aromatic carbocycles. The quantitative estimate of drug-likeness (QED) is 0.0572. The van der Waals surface area contributed by atoms with E-state index in [1.165, 1.54) is 154 Å². The van der Waals surface area contributed by atoms with Gasteiger partial charge in [-0.3, -0.25) is 9.59 Å². The molecule has 0 aromatic heterocycles. The molecule has 0 atom stereocenters. The molecule has 0 saturated heterocycles. The number of carbonyl (C=O) groups excluding carboxylic acids is 2. The number of unbranched alkanes of at least 4 members (excludes halogenated alkanes) is 26. The van der Waals surface area contributed by atoms with Crippen molar-refractivity contribution in [3.8, 4) is 0 Å². The maximum absolute atomic E-state index is 12.3. The second-order valence-electron chi connectivity index (χ2n) is 13.0. The summed E-state index contributed by atoms with van der Waals surface area (Å²) in [6.07, 6.45) is 37.3. The Balaban J connectivity index is 3.54. The fourth-order valence-electron chi connectivity index (χ4n) is 5.60. The molecule has 5 heteroatoms. The first-order chi connectivity index (χ1) is 19.9. The highest BCUT2D eigenvalue weighted by molar-refractivity contribution is 6.67. The van der Waals surface area contributed by atoms with Crippen molar-refractivity contribution in [1.82, 2.24) is 0 Å². The lowest BCUT2D eigenvalue weighted by atomic mass is 10.0. The highest BCUT2D eigenvalue weighted by Gasteiger charge is 2.33. The van der Waals surface area contributed by atoms with Gasteiger partial charge in [-0.15, -0.1) is 0 Å². The van der Waals surface area contributed by atoms with Gasteiger partial charge in [0.1, 0.15) is 0 Å². The van der Waals surface area contributed by atoms with Crippen molar-refractivity contribution in [2.75, 3.05) is 0 Å². The Hall–Kier alpha value is -0.843. The van der Waals surface area contributed by atoms with E-state index in [-0.39, 0.29) is 11.9 Å². The molecule has 0 N–H and O–H groups in total. The van der Waals surface area contributed by atoms with Crippen LogP contribution >= 0.6 is 0 Å². The second-order valence-corrected chi connectivity index (χ2v) is 16.2. The number of carbonyl (C=O) groups is 2. The van der Waals surface area contributed by atoms with Crippen LogP contribution in [-0.4, -0.2) is 20.5 Å². The first kappa shape index (κ1) is 40.2. The zero-order chi connectivity index (χ0) is 30.3. The standard InChI is InChI=1S/C36H72O4Si/c1-5-7-9-11-13-15-17-19-21-23-25-27-29-31-33-35(37)39-41(3,4)40-36(38)34-32-30-28-26-24-22-20-18-16-14-12-10-8-6-2/h5-34H2,1-4H3. The molecule has 244 valence electrons. The highest BCUT2D eigenvalue weighted by atomic mass is 28.4. The zero-order valence-corrected chi connectivity index (χ0v) is 29.3. The average molecular weight is 597 g/mol. The van der Waals surface area contributed by atoms with Crippen LogP contribution in [-0.2, 0) is 18.4 Å². The molecular formula is C36H72O4Si. The smallest absolute Gasteiger partial charge is 0.457 e. The number of hydrogen-bond acceptors (Lipinski definition) is 4. The van der Waals surface area contributed by atoms with Gasteiger partial charge in [-0.2, -0.15) is 0 Å². The molecular weight excluding hydrogens is 524 g/mol. The largest absolute Gasteiger partial charge is 0.485 e. The lowest BCUT2D eigenvalue weighted by Crippen LogP contribution is -2.39.